The third kappa shape index (κ3) is 5.39. The van der Waals surface area contributed by atoms with Crippen LogP contribution in [-0.4, -0.2) is 54.0 Å². The Morgan fingerprint density at radius 1 is 1.22 bits per heavy atom. The summed E-state index contributed by atoms with van der Waals surface area (Å²) in [5, 5.41) is 0. The van der Waals surface area contributed by atoms with Gasteiger partial charge < -0.3 is 10.3 Å². The Labute approximate surface area is 109 Å². The van der Waals surface area contributed by atoms with Gasteiger partial charge in [-0.25, -0.2) is 15.8 Å². The van der Waals surface area contributed by atoms with Crippen LogP contribution in [0.25, 0.3) is 0 Å². The summed E-state index contributed by atoms with van der Waals surface area (Å²) in [5.41, 5.74) is 3.49. The summed E-state index contributed by atoms with van der Waals surface area (Å²) in [6.07, 6.45) is 1.14. The molecule has 18 heavy (non-hydrogen) atoms. The minimum Gasteiger partial charge on any atom is -0.309 e. The van der Waals surface area contributed by atoms with Crippen molar-refractivity contribution < 1.29 is 0 Å². The van der Waals surface area contributed by atoms with Crippen LogP contribution in [0.4, 0.5) is 5.82 Å². The number of nitrogens with one attached hydrogen (secondary N) is 1. The van der Waals surface area contributed by atoms with Crippen LogP contribution in [0.2, 0.25) is 0 Å². The van der Waals surface area contributed by atoms with Crippen LogP contribution >= 0.6 is 0 Å². The van der Waals surface area contributed by atoms with Gasteiger partial charge in [0.25, 0.3) is 0 Å². The summed E-state index contributed by atoms with van der Waals surface area (Å²) in [6, 6.07) is 1.83. The van der Waals surface area contributed by atoms with E-state index in [1.807, 2.05) is 13.0 Å². The molecule has 0 spiro atoms. The number of nitrogens with zero attached hydrogens (tertiary/aromatic N) is 4. The Morgan fingerprint density at radius 2 is 1.94 bits per heavy atom. The smallest absolute Gasteiger partial charge is 0.144 e. The van der Waals surface area contributed by atoms with Crippen molar-refractivity contribution in [1.82, 2.24) is 19.8 Å². The predicted molar refractivity (Wildman–Crippen MR) is 74.1 cm³/mol. The third-order valence-corrected chi connectivity index (χ3v) is 2.60. The zero-order valence-electron chi connectivity index (χ0n) is 11.8. The largest absolute Gasteiger partial charge is 0.309 e. The molecular formula is C12H24N6. The Bertz CT molecular complexity index is 366. The van der Waals surface area contributed by atoms with E-state index in [0.29, 0.717) is 5.82 Å². The van der Waals surface area contributed by atoms with Crippen LogP contribution in [0, 0.1) is 6.92 Å². The number of aromatic nitrogens is 2. The normalized spacial score (nSPS) is 11.3. The highest BCUT2D eigenvalue weighted by Gasteiger charge is 2.05. The van der Waals surface area contributed by atoms with E-state index in [0.717, 1.165) is 37.6 Å². The van der Waals surface area contributed by atoms with Crippen LogP contribution in [-0.2, 0) is 6.54 Å². The molecule has 0 aliphatic heterocycles. The monoisotopic (exact) mass is 252 g/mol. The molecule has 1 aromatic heterocycles. The van der Waals surface area contributed by atoms with Crippen molar-refractivity contribution >= 4 is 5.82 Å². The second-order valence-electron chi connectivity index (χ2n) is 4.85. The lowest BCUT2D eigenvalue weighted by molar-refractivity contribution is 0.289. The van der Waals surface area contributed by atoms with Crippen LogP contribution < -0.4 is 11.3 Å². The lowest BCUT2D eigenvalue weighted by atomic mass is 10.3. The Kier molecular flexibility index (Phi) is 5.97. The molecule has 0 atom stereocenters. The number of nitrogens with two attached hydrogens (primary N) is 1. The minimum atomic E-state index is 0.666. The maximum absolute atomic E-state index is 5.37. The van der Waals surface area contributed by atoms with Gasteiger partial charge in [-0.1, -0.05) is 0 Å². The molecule has 0 bridgehead atoms. The highest BCUT2D eigenvalue weighted by Crippen LogP contribution is 2.06. The van der Waals surface area contributed by atoms with Crippen LogP contribution in [0.1, 0.15) is 17.9 Å². The number of hydrogen-bond donors (Lipinski definition) is 2. The molecule has 6 heteroatoms. The molecule has 0 saturated heterocycles. The van der Waals surface area contributed by atoms with E-state index in [1.165, 1.54) is 0 Å². The van der Waals surface area contributed by atoms with Gasteiger partial charge in [-0.2, -0.15) is 0 Å². The van der Waals surface area contributed by atoms with Crippen molar-refractivity contribution in [2.75, 3.05) is 39.7 Å². The van der Waals surface area contributed by atoms with E-state index in [2.05, 4.69) is 46.3 Å². The van der Waals surface area contributed by atoms with Gasteiger partial charge in [0, 0.05) is 11.8 Å². The average molecular weight is 252 g/mol. The van der Waals surface area contributed by atoms with Gasteiger partial charge in [0.2, 0.25) is 0 Å². The molecule has 1 aromatic rings. The molecule has 1 heterocycles. The van der Waals surface area contributed by atoms with Crippen molar-refractivity contribution in [1.29, 1.82) is 0 Å². The second-order valence-corrected chi connectivity index (χ2v) is 4.85. The number of hydrogen-bond acceptors (Lipinski definition) is 6. The maximum atomic E-state index is 5.37. The number of aryl methyl sites for hydroxylation is 1. The van der Waals surface area contributed by atoms with E-state index in [4.69, 9.17) is 5.84 Å². The molecule has 0 aliphatic carbocycles. The SMILES string of the molecule is Cc1cc(NN)nc(CN(C)CCCN(C)C)n1. The number of hydrazine groups is 1. The summed E-state index contributed by atoms with van der Waals surface area (Å²) < 4.78 is 0. The number of anilines is 1. The Morgan fingerprint density at radius 3 is 2.56 bits per heavy atom. The molecule has 0 fully saturated rings. The first kappa shape index (κ1) is 14.8. The fourth-order valence-electron chi connectivity index (χ4n) is 1.75. The van der Waals surface area contributed by atoms with Crippen LogP contribution in [0.5, 0.6) is 0 Å². The first-order valence-corrected chi connectivity index (χ1v) is 6.15. The summed E-state index contributed by atoms with van der Waals surface area (Å²) in [7, 11) is 6.25. The predicted octanol–water partition coefficient (Wildman–Crippen LogP) is 0.454. The first-order chi connectivity index (χ1) is 8.51. The molecule has 1 rings (SSSR count). The number of nitrogen functional groups attached to an aromatic ring is 1. The van der Waals surface area contributed by atoms with E-state index in [9.17, 15) is 0 Å². The van der Waals surface area contributed by atoms with Crippen molar-refractivity contribution in [3.8, 4) is 0 Å². The third-order valence-electron chi connectivity index (χ3n) is 2.60. The van der Waals surface area contributed by atoms with Gasteiger partial charge >= 0.3 is 0 Å². The summed E-state index contributed by atoms with van der Waals surface area (Å²) in [6.45, 7) is 4.80. The van der Waals surface area contributed by atoms with E-state index < -0.39 is 0 Å². The highest BCUT2D eigenvalue weighted by atomic mass is 15.3. The first-order valence-electron chi connectivity index (χ1n) is 6.15. The second kappa shape index (κ2) is 7.25. The van der Waals surface area contributed by atoms with E-state index >= 15 is 0 Å². The lowest BCUT2D eigenvalue weighted by Crippen LogP contribution is -2.24. The molecular weight excluding hydrogens is 228 g/mol. The molecule has 102 valence electrons. The molecule has 3 N–H and O–H groups in total. The topological polar surface area (TPSA) is 70.3 Å². The van der Waals surface area contributed by atoms with Gasteiger partial charge in [-0.3, -0.25) is 4.90 Å². The van der Waals surface area contributed by atoms with Crippen molar-refractivity contribution in [2.24, 2.45) is 5.84 Å². The summed E-state index contributed by atoms with van der Waals surface area (Å²) in [5.74, 6) is 6.84. The molecule has 0 unspecified atom stereocenters. The molecule has 0 aliphatic rings. The lowest BCUT2D eigenvalue weighted by Gasteiger charge is -2.17. The standard InChI is InChI=1S/C12H24N6/c1-10-8-11(16-13)15-12(14-10)9-18(4)7-5-6-17(2)3/h8H,5-7,9,13H2,1-4H3,(H,14,15,16). The van der Waals surface area contributed by atoms with Gasteiger partial charge in [-0.15, -0.1) is 0 Å². The summed E-state index contributed by atoms with van der Waals surface area (Å²) >= 11 is 0. The van der Waals surface area contributed by atoms with Crippen molar-refractivity contribution in [2.45, 2.75) is 19.9 Å². The summed E-state index contributed by atoms with van der Waals surface area (Å²) in [4.78, 5) is 13.2. The van der Waals surface area contributed by atoms with Gasteiger partial charge in [-0.05, 0) is 47.6 Å². The van der Waals surface area contributed by atoms with E-state index in [1.54, 1.807) is 0 Å². The highest BCUT2D eigenvalue weighted by molar-refractivity contribution is 5.33. The molecule has 0 saturated carbocycles. The van der Waals surface area contributed by atoms with Crippen molar-refractivity contribution in [3.05, 3.63) is 17.6 Å². The average Bonchev–Trinajstić information content (AvgIpc) is 2.27. The quantitative estimate of drug-likeness (QED) is 0.542. The fourth-order valence-corrected chi connectivity index (χ4v) is 1.75. The van der Waals surface area contributed by atoms with Crippen LogP contribution in [0.15, 0.2) is 6.07 Å². The van der Waals surface area contributed by atoms with Gasteiger partial charge in [0.1, 0.15) is 11.6 Å². The molecule has 0 radical (unpaired) electrons. The zero-order chi connectivity index (χ0) is 13.5. The minimum absolute atomic E-state index is 0.666. The Balaban J connectivity index is 2.48. The number of rotatable bonds is 7. The maximum Gasteiger partial charge on any atom is 0.144 e. The van der Waals surface area contributed by atoms with E-state index in [-0.39, 0.29) is 0 Å². The van der Waals surface area contributed by atoms with Crippen molar-refractivity contribution in [3.63, 3.8) is 0 Å². The Hall–Kier alpha value is -1.24. The van der Waals surface area contributed by atoms with Crippen LogP contribution in [0.3, 0.4) is 0 Å². The molecule has 0 amide bonds. The zero-order valence-corrected chi connectivity index (χ0v) is 11.8. The fraction of sp³-hybridized carbons (Fsp3) is 0.667. The van der Waals surface area contributed by atoms with Gasteiger partial charge in [0.15, 0.2) is 0 Å². The van der Waals surface area contributed by atoms with Gasteiger partial charge in [0.05, 0.1) is 6.54 Å². The molecule has 6 nitrogen and oxygen atoms in total. The molecule has 0 aromatic carbocycles.